The zero-order valence-corrected chi connectivity index (χ0v) is 7.55. The predicted molar refractivity (Wildman–Crippen MR) is 45.8 cm³/mol. The molecule has 1 aromatic rings. The van der Waals surface area contributed by atoms with Crippen LogP contribution >= 0.6 is 0 Å². The maximum Gasteiger partial charge on any atom is 0.389 e. The van der Waals surface area contributed by atoms with Crippen LogP contribution in [0.2, 0.25) is 0 Å². The summed E-state index contributed by atoms with van der Waals surface area (Å²) >= 11 is 0. The lowest BCUT2D eigenvalue weighted by molar-refractivity contribution is -0.139. The van der Waals surface area contributed by atoms with Gasteiger partial charge in [0.25, 0.3) is 0 Å². The molecule has 1 heterocycles. The molecule has 1 unspecified atom stereocenters. The molecule has 0 saturated carbocycles. The van der Waals surface area contributed by atoms with Crippen molar-refractivity contribution in [3.05, 3.63) is 24.2 Å². The quantitative estimate of drug-likeness (QED) is 0.824. The Morgan fingerprint density at radius 2 is 2.14 bits per heavy atom. The number of nitrogens with two attached hydrogens (primary N) is 1. The zero-order chi connectivity index (χ0) is 10.6. The Morgan fingerprint density at radius 1 is 1.43 bits per heavy atom. The molecule has 0 radical (unpaired) electrons. The van der Waals surface area contributed by atoms with Crippen molar-refractivity contribution in [1.82, 2.24) is 0 Å². The highest BCUT2D eigenvalue weighted by Crippen LogP contribution is 2.33. The fraction of sp³-hybridized carbons (Fsp3) is 0.556. The van der Waals surface area contributed by atoms with Crippen LogP contribution in [-0.4, -0.2) is 12.7 Å². The maximum atomic E-state index is 12.1. The molecule has 1 aromatic heterocycles. The standard InChI is InChI=1S/C9H12F3NO/c10-9(11,12)6-7(3-4-13)8-2-1-5-14-8/h1-2,5,7H,3-4,6,13H2. The van der Waals surface area contributed by atoms with Crippen LogP contribution in [-0.2, 0) is 0 Å². The second-order valence-corrected chi connectivity index (χ2v) is 3.11. The molecular formula is C9H12F3NO. The molecule has 14 heavy (non-hydrogen) atoms. The summed E-state index contributed by atoms with van der Waals surface area (Å²) < 4.78 is 41.4. The van der Waals surface area contributed by atoms with Gasteiger partial charge in [-0.15, -0.1) is 0 Å². The Bertz CT molecular complexity index is 256. The fourth-order valence-electron chi connectivity index (χ4n) is 1.35. The Kier molecular flexibility index (Phi) is 3.57. The summed E-state index contributed by atoms with van der Waals surface area (Å²) in [5, 5.41) is 0. The van der Waals surface area contributed by atoms with Gasteiger partial charge >= 0.3 is 6.18 Å². The van der Waals surface area contributed by atoms with Crippen LogP contribution in [0.25, 0.3) is 0 Å². The molecule has 80 valence electrons. The predicted octanol–water partition coefficient (Wildman–Crippen LogP) is 2.66. The van der Waals surface area contributed by atoms with E-state index in [1.54, 1.807) is 12.1 Å². The third kappa shape index (κ3) is 3.41. The Hall–Kier alpha value is -0.970. The molecule has 0 amide bonds. The third-order valence-electron chi connectivity index (χ3n) is 1.94. The highest BCUT2D eigenvalue weighted by molar-refractivity contribution is 5.05. The number of halogens is 3. The topological polar surface area (TPSA) is 39.2 Å². The van der Waals surface area contributed by atoms with E-state index in [-0.39, 0.29) is 13.0 Å². The summed E-state index contributed by atoms with van der Waals surface area (Å²) in [6, 6.07) is 3.13. The molecule has 0 spiro atoms. The maximum absolute atomic E-state index is 12.1. The van der Waals surface area contributed by atoms with E-state index in [1.165, 1.54) is 6.26 Å². The third-order valence-corrected chi connectivity index (χ3v) is 1.94. The van der Waals surface area contributed by atoms with Crippen molar-refractivity contribution in [1.29, 1.82) is 0 Å². The van der Waals surface area contributed by atoms with Gasteiger partial charge in [0.15, 0.2) is 0 Å². The molecule has 0 aliphatic rings. The highest BCUT2D eigenvalue weighted by Gasteiger charge is 2.33. The number of furan rings is 1. The SMILES string of the molecule is NCCC(CC(F)(F)F)c1ccco1. The van der Waals surface area contributed by atoms with E-state index in [0.717, 1.165) is 0 Å². The van der Waals surface area contributed by atoms with E-state index < -0.39 is 18.5 Å². The normalized spacial score (nSPS) is 14.3. The minimum absolute atomic E-state index is 0.224. The number of hydrogen-bond donors (Lipinski definition) is 1. The molecule has 0 fully saturated rings. The van der Waals surface area contributed by atoms with E-state index in [4.69, 9.17) is 10.2 Å². The smallest absolute Gasteiger partial charge is 0.389 e. The van der Waals surface area contributed by atoms with Gasteiger partial charge in [0.05, 0.1) is 12.7 Å². The van der Waals surface area contributed by atoms with Crippen LogP contribution in [0.3, 0.4) is 0 Å². The van der Waals surface area contributed by atoms with Gasteiger partial charge in [-0.05, 0) is 25.1 Å². The molecule has 0 aliphatic carbocycles. The average molecular weight is 207 g/mol. The lowest BCUT2D eigenvalue weighted by atomic mass is 9.98. The summed E-state index contributed by atoms with van der Waals surface area (Å²) in [5.74, 6) is -0.303. The number of hydrogen-bond acceptors (Lipinski definition) is 2. The molecule has 0 aliphatic heterocycles. The monoisotopic (exact) mass is 207 g/mol. The van der Waals surface area contributed by atoms with Crippen LogP contribution in [0, 0.1) is 0 Å². The molecule has 0 bridgehead atoms. The van der Waals surface area contributed by atoms with E-state index in [0.29, 0.717) is 5.76 Å². The molecule has 0 aromatic carbocycles. The first-order chi connectivity index (χ1) is 6.53. The van der Waals surface area contributed by atoms with Gasteiger partial charge in [-0.2, -0.15) is 13.2 Å². The van der Waals surface area contributed by atoms with E-state index in [1.807, 2.05) is 0 Å². The number of alkyl halides is 3. The molecular weight excluding hydrogens is 195 g/mol. The van der Waals surface area contributed by atoms with Gasteiger partial charge in [-0.25, -0.2) is 0 Å². The Morgan fingerprint density at radius 3 is 2.57 bits per heavy atom. The minimum atomic E-state index is -4.17. The van der Waals surface area contributed by atoms with Crippen molar-refractivity contribution in [2.24, 2.45) is 5.73 Å². The first-order valence-corrected chi connectivity index (χ1v) is 4.33. The van der Waals surface area contributed by atoms with Crippen molar-refractivity contribution in [3.63, 3.8) is 0 Å². The van der Waals surface area contributed by atoms with E-state index in [2.05, 4.69) is 0 Å². The molecule has 1 rings (SSSR count). The van der Waals surface area contributed by atoms with Crippen molar-refractivity contribution < 1.29 is 17.6 Å². The summed E-state index contributed by atoms with van der Waals surface area (Å²) in [5.41, 5.74) is 5.25. The van der Waals surface area contributed by atoms with Crippen LogP contribution in [0.4, 0.5) is 13.2 Å². The van der Waals surface area contributed by atoms with Crippen LogP contribution in [0.15, 0.2) is 22.8 Å². The highest BCUT2D eigenvalue weighted by atomic mass is 19.4. The van der Waals surface area contributed by atoms with Crippen molar-refractivity contribution in [3.8, 4) is 0 Å². The largest absolute Gasteiger partial charge is 0.469 e. The second kappa shape index (κ2) is 4.50. The summed E-state index contributed by atoms with van der Waals surface area (Å²) in [4.78, 5) is 0. The summed E-state index contributed by atoms with van der Waals surface area (Å²) in [7, 11) is 0. The van der Waals surface area contributed by atoms with Crippen molar-refractivity contribution in [2.75, 3.05) is 6.54 Å². The summed E-state index contributed by atoms with van der Waals surface area (Å²) in [6.07, 6.45) is -3.40. The van der Waals surface area contributed by atoms with Gasteiger partial charge in [-0.1, -0.05) is 0 Å². The molecule has 2 N–H and O–H groups in total. The molecule has 2 nitrogen and oxygen atoms in total. The van der Waals surface area contributed by atoms with Crippen LogP contribution in [0.5, 0.6) is 0 Å². The number of rotatable bonds is 4. The van der Waals surface area contributed by atoms with E-state index >= 15 is 0 Å². The zero-order valence-electron chi connectivity index (χ0n) is 7.55. The van der Waals surface area contributed by atoms with Gasteiger partial charge in [0.2, 0.25) is 0 Å². The van der Waals surface area contributed by atoms with E-state index in [9.17, 15) is 13.2 Å². The van der Waals surface area contributed by atoms with Crippen LogP contribution in [0.1, 0.15) is 24.5 Å². The van der Waals surface area contributed by atoms with Crippen LogP contribution < -0.4 is 5.73 Å². The first kappa shape index (κ1) is 11.1. The minimum Gasteiger partial charge on any atom is -0.469 e. The van der Waals surface area contributed by atoms with Crippen molar-refractivity contribution in [2.45, 2.75) is 24.9 Å². The lowest BCUT2D eigenvalue weighted by Crippen LogP contribution is -2.16. The van der Waals surface area contributed by atoms with Gasteiger partial charge < -0.3 is 10.2 Å². The Labute approximate surface area is 79.9 Å². The Balaban J connectivity index is 2.65. The molecule has 0 saturated heterocycles. The summed E-state index contributed by atoms with van der Waals surface area (Å²) in [6.45, 7) is 0.224. The van der Waals surface area contributed by atoms with Gasteiger partial charge in [0.1, 0.15) is 5.76 Å². The molecule has 5 heteroatoms. The second-order valence-electron chi connectivity index (χ2n) is 3.11. The average Bonchev–Trinajstić information content (AvgIpc) is 2.52. The molecule has 1 atom stereocenters. The van der Waals surface area contributed by atoms with Gasteiger partial charge in [0, 0.05) is 5.92 Å². The van der Waals surface area contributed by atoms with Gasteiger partial charge in [-0.3, -0.25) is 0 Å². The van der Waals surface area contributed by atoms with Crippen molar-refractivity contribution >= 4 is 0 Å². The lowest BCUT2D eigenvalue weighted by Gasteiger charge is -2.15. The fourth-order valence-corrected chi connectivity index (χ4v) is 1.35. The first-order valence-electron chi connectivity index (χ1n) is 4.33.